The van der Waals surface area contributed by atoms with Crippen LogP contribution in [-0.2, 0) is 4.79 Å². The van der Waals surface area contributed by atoms with Gasteiger partial charge < -0.3 is 15.4 Å². The number of carbonyl (C=O) groups is 2. The third-order valence-electron chi connectivity index (χ3n) is 4.57. The Morgan fingerprint density at radius 3 is 2.25 bits per heavy atom. The molecule has 7 heteroatoms. The van der Waals surface area contributed by atoms with E-state index in [1.165, 1.54) is 19.3 Å². The van der Waals surface area contributed by atoms with Gasteiger partial charge in [0.1, 0.15) is 5.75 Å². The average molecular weight is 421 g/mol. The molecule has 0 spiro atoms. The van der Waals surface area contributed by atoms with Crippen molar-refractivity contribution >= 4 is 40.7 Å². The van der Waals surface area contributed by atoms with Crippen LogP contribution in [0.5, 0.6) is 5.75 Å². The van der Waals surface area contributed by atoms with Crippen LogP contribution in [0.1, 0.15) is 42.5 Å². The fraction of sp³-hybridized carbons (Fsp3) is 0.333. The van der Waals surface area contributed by atoms with Gasteiger partial charge in [0.05, 0.1) is 0 Å². The summed E-state index contributed by atoms with van der Waals surface area (Å²) in [6, 6.07) is 11.8. The quantitative estimate of drug-likeness (QED) is 0.684. The fourth-order valence-corrected chi connectivity index (χ4v) is 3.72. The van der Waals surface area contributed by atoms with Crippen LogP contribution in [0.25, 0.3) is 0 Å². The van der Waals surface area contributed by atoms with E-state index >= 15 is 0 Å². The van der Waals surface area contributed by atoms with Crippen molar-refractivity contribution in [3.05, 3.63) is 58.1 Å². The first-order chi connectivity index (χ1) is 13.5. The summed E-state index contributed by atoms with van der Waals surface area (Å²) in [7, 11) is 0. The van der Waals surface area contributed by atoms with Gasteiger partial charge >= 0.3 is 0 Å². The van der Waals surface area contributed by atoms with E-state index in [9.17, 15) is 9.59 Å². The fourth-order valence-electron chi connectivity index (χ4n) is 3.19. The molecule has 0 atom stereocenters. The standard InChI is InChI=1S/C21H22Cl2N2O3/c22-15-10-16(23)12-18(11-15)24-20(26)13-28-19-8-6-14(7-9-19)21(27)25-17-4-2-1-3-5-17/h6-12,17H,1-5,13H2,(H,24,26)(H,25,27). The smallest absolute Gasteiger partial charge is 0.262 e. The van der Waals surface area contributed by atoms with E-state index in [2.05, 4.69) is 10.6 Å². The molecule has 0 radical (unpaired) electrons. The van der Waals surface area contributed by atoms with Crippen molar-refractivity contribution in [1.82, 2.24) is 5.32 Å². The molecule has 3 rings (SSSR count). The summed E-state index contributed by atoms with van der Waals surface area (Å²) in [5.74, 6) is 0.0972. The first-order valence-corrected chi connectivity index (χ1v) is 10.0. The highest BCUT2D eigenvalue weighted by Crippen LogP contribution is 2.22. The molecule has 5 nitrogen and oxygen atoms in total. The molecule has 148 valence electrons. The van der Waals surface area contributed by atoms with Crippen molar-refractivity contribution in [2.45, 2.75) is 38.1 Å². The van der Waals surface area contributed by atoms with Gasteiger partial charge in [-0.25, -0.2) is 0 Å². The molecule has 2 amide bonds. The highest BCUT2D eigenvalue weighted by Gasteiger charge is 2.16. The molecule has 2 aromatic carbocycles. The van der Waals surface area contributed by atoms with Gasteiger partial charge in [-0.2, -0.15) is 0 Å². The molecule has 0 aromatic heterocycles. The second kappa shape index (κ2) is 9.80. The number of amides is 2. The minimum atomic E-state index is -0.336. The Kier molecular flexibility index (Phi) is 7.18. The second-order valence-electron chi connectivity index (χ2n) is 6.83. The van der Waals surface area contributed by atoms with Crippen molar-refractivity contribution < 1.29 is 14.3 Å². The zero-order valence-corrected chi connectivity index (χ0v) is 16.9. The molecule has 1 fully saturated rings. The van der Waals surface area contributed by atoms with Gasteiger partial charge in [0.15, 0.2) is 6.61 Å². The minimum absolute atomic E-state index is 0.0750. The average Bonchev–Trinajstić information content (AvgIpc) is 2.67. The molecule has 1 aliphatic rings. The Bertz CT molecular complexity index is 814. The van der Waals surface area contributed by atoms with Gasteiger partial charge in [0, 0.05) is 27.3 Å². The highest BCUT2D eigenvalue weighted by atomic mass is 35.5. The molecular formula is C21H22Cl2N2O3. The summed E-state index contributed by atoms with van der Waals surface area (Å²) in [5.41, 5.74) is 1.08. The number of carbonyl (C=O) groups excluding carboxylic acids is 2. The summed E-state index contributed by atoms with van der Waals surface area (Å²) in [5, 5.41) is 6.62. The van der Waals surface area contributed by atoms with E-state index in [4.69, 9.17) is 27.9 Å². The third-order valence-corrected chi connectivity index (χ3v) is 5.01. The lowest BCUT2D eigenvalue weighted by Crippen LogP contribution is -2.36. The molecule has 0 aliphatic heterocycles. The van der Waals surface area contributed by atoms with E-state index in [1.807, 2.05) is 0 Å². The maximum Gasteiger partial charge on any atom is 0.262 e. The third kappa shape index (κ3) is 6.14. The second-order valence-corrected chi connectivity index (χ2v) is 7.70. The van der Waals surface area contributed by atoms with Crippen LogP contribution in [0.2, 0.25) is 10.0 Å². The van der Waals surface area contributed by atoms with Crippen LogP contribution < -0.4 is 15.4 Å². The van der Waals surface area contributed by atoms with Crippen LogP contribution in [0, 0.1) is 0 Å². The van der Waals surface area contributed by atoms with Crippen molar-refractivity contribution in [2.75, 3.05) is 11.9 Å². The van der Waals surface area contributed by atoms with E-state index in [-0.39, 0.29) is 24.5 Å². The lowest BCUT2D eigenvalue weighted by Gasteiger charge is -2.22. The summed E-state index contributed by atoms with van der Waals surface area (Å²) >= 11 is 11.8. The van der Waals surface area contributed by atoms with E-state index in [0.717, 1.165) is 12.8 Å². The van der Waals surface area contributed by atoms with E-state index in [1.54, 1.807) is 42.5 Å². The summed E-state index contributed by atoms with van der Waals surface area (Å²) in [6.07, 6.45) is 5.67. The Morgan fingerprint density at radius 2 is 1.61 bits per heavy atom. The zero-order chi connectivity index (χ0) is 19.9. The molecule has 0 unspecified atom stereocenters. The molecule has 2 N–H and O–H groups in total. The van der Waals surface area contributed by atoms with Gasteiger partial charge in [0.25, 0.3) is 11.8 Å². The van der Waals surface area contributed by atoms with Crippen LogP contribution in [0.15, 0.2) is 42.5 Å². The summed E-state index contributed by atoms with van der Waals surface area (Å²) in [6.45, 7) is -0.169. The first-order valence-electron chi connectivity index (χ1n) is 9.29. The molecule has 28 heavy (non-hydrogen) atoms. The number of rotatable bonds is 6. The van der Waals surface area contributed by atoms with Gasteiger partial charge in [-0.15, -0.1) is 0 Å². The summed E-state index contributed by atoms with van der Waals surface area (Å²) < 4.78 is 5.48. The highest BCUT2D eigenvalue weighted by molar-refractivity contribution is 6.35. The van der Waals surface area contributed by atoms with Crippen LogP contribution >= 0.6 is 23.2 Å². The van der Waals surface area contributed by atoms with E-state index in [0.29, 0.717) is 27.0 Å². The predicted octanol–water partition coefficient (Wildman–Crippen LogP) is 5.07. The minimum Gasteiger partial charge on any atom is -0.484 e. The van der Waals surface area contributed by atoms with Gasteiger partial charge in [-0.05, 0) is 55.3 Å². The normalized spacial score (nSPS) is 14.4. The van der Waals surface area contributed by atoms with Crippen molar-refractivity contribution in [3.63, 3.8) is 0 Å². The van der Waals surface area contributed by atoms with Crippen LogP contribution in [0.3, 0.4) is 0 Å². The zero-order valence-electron chi connectivity index (χ0n) is 15.3. The SMILES string of the molecule is O=C(COc1ccc(C(=O)NC2CCCCC2)cc1)Nc1cc(Cl)cc(Cl)c1. The van der Waals surface area contributed by atoms with Gasteiger partial charge in [0.2, 0.25) is 0 Å². The van der Waals surface area contributed by atoms with Crippen molar-refractivity contribution in [2.24, 2.45) is 0 Å². The lowest BCUT2D eigenvalue weighted by atomic mass is 9.95. The molecule has 1 aliphatic carbocycles. The Morgan fingerprint density at radius 1 is 0.964 bits per heavy atom. The van der Waals surface area contributed by atoms with Crippen LogP contribution in [0.4, 0.5) is 5.69 Å². The summed E-state index contributed by atoms with van der Waals surface area (Å²) in [4.78, 5) is 24.3. The first kappa shape index (κ1) is 20.5. The number of hydrogen-bond donors (Lipinski definition) is 2. The number of ether oxygens (including phenoxy) is 1. The number of halogens is 2. The monoisotopic (exact) mass is 420 g/mol. The molecule has 1 saturated carbocycles. The predicted molar refractivity (Wildman–Crippen MR) is 111 cm³/mol. The molecular weight excluding hydrogens is 399 g/mol. The maximum absolute atomic E-state index is 12.3. The molecule has 0 bridgehead atoms. The van der Waals surface area contributed by atoms with Gasteiger partial charge in [-0.3, -0.25) is 9.59 Å². The number of benzene rings is 2. The Labute approximate surface area is 174 Å². The lowest BCUT2D eigenvalue weighted by molar-refractivity contribution is -0.118. The maximum atomic E-state index is 12.3. The molecule has 0 saturated heterocycles. The van der Waals surface area contributed by atoms with Crippen molar-refractivity contribution in [1.29, 1.82) is 0 Å². The Balaban J connectivity index is 1.48. The number of nitrogens with one attached hydrogen (secondary N) is 2. The van der Waals surface area contributed by atoms with E-state index < -0.39 is 0 Å². The largest absolute Gasteiger partial charge is 0.484 e. The molecule has 2 aromatic rings. The van der Waals surface area contributed by atoms with Crippen LogP contribution in [-0.4, -0.2) is 24.5 Å². The van der Waals surface area contributed by atoms with Gasteiger partial charge in [-0.1, -0.05) is 42.5 Å². The molecule has 0 heterocycles. The topological polar surface area (TPSA) is 67.4 Å². The Hall–Kier alpha value is -2.24. The van der Waals surface area contributed by atoms with Crippen molar-refractivity contribution in [3.8, 4) is 5.75 Å². The number of hydrogen-bond acceptors (Lipinski definition) is 3. The number of anilines is 1.